The molecule has 0 fully saturated rings. The van der Waals surface area contributed by atoms with E-state index in [0.29, 0.717) is 10.9 Å². The summed E-state index contributed by atoms with van der Waals surface area (Å²) in [6.45, 7) is 1.72. The standard InChI is InChI=1S/C17H14N2O6S/c1-2-25-17(20)16-11-12-5-3-4-6-15(12)18(16)26(23,24)14-9-7-13(8-10-14)19(21)22/h3-11H,2H2,1H3. The van der Waals surface area contributed by atoms with Gasteiger partial charge in [-0.15, -0.1) is 0 Å². The number of nitrogens with zero attached hydrogens (tertiary/aromatic N) is 2. The van der Waals surface area contributed by atoms with E-state index in [-0.39, 0.29) is 22.9 Å². The monoisotopic (exact) mass is 374 g/mol. The van der Waals surface area contributed by atoms with Crippen molar-refractivity contribution in [3.05, 3.63) is 70.4 Å². The number of hydrogen-bond acceptors (Lipinski definition) is 6. The number of nitro groups is 1. The summed E-state index contributed by atoms with van der Waals surface area (Å²) in [6.07, 6.45) is 0. The van der Waals surface area contributed by atoms with Crippen LogP contribution in [0.2, 0.25) is 0 Å². The number of benzene rings is 2. The van der Waals surface area contributed by atoms with Gasteiger partial charge in [-0.05, 0) is 31.2 Å². The van der Waals surface area contributed by atoms with Crippen molar-refractivity contribution in [1.29, 1.82) is 0 Å². The summed E-state index contributed by atoms with van der Waals surface area (Å²) in [7, 11) is -4.17. The van der Waals surface area contributed by atoms with E-state index in [0.717, 1.165) is 28.2 Å². The van der Waals surface area contributed by atoms with Crippen molar-refractivity contribution in [2.45, 2.75) is 11.8 Å². The predicted molar refractivity (Wildman–Crippen MR) is 93.6 cm³/mol. The maximum absolute atomic E-state index is 13.1. The van der Waals surface area contributed by atoms with E-state index in [1.807, 2.05) is 0 Å². The van der Waals surface area contributed by atoms with Crippen molar-refractivity contribution < 1.29 is 22.9 Å². The number of rotatable bonds is 5. The number of carbonyl (C=O) groups is 1. The van der Waals surface area contributed by atoms with Crippen LogP contribution in [-0.4, -0.2) is 29.9 Å². The van der Waals surface area contributed by atoms with Crippen molar-refractivity contribution in [3.63, 3.8) is 0 Å². The third kappa shape index (κ3) is 2.93. The van der Waals surface area contributed by atoms with Gasteiger partial charge in [-0.1, -0.05) is 18.2 Å². The van der Waals surface area contributed by atoms with Gasteiger partial charge in [-0.3, -0.25) is 10.1 Å². The van der Waals surface area contributed by atoms with Crippen molar-refractivity contribution in [2.75, 3.05) is 6.61 Å². The van der Waals surface area contributed by atoms with Gasteiger partial charge in [0.25, 0.3) is 15.7 Å². The summed E-state index contributed by atoms with van der Waals surface area (Å²) >= 11 is 0. The number of ether oxygens (including phenoxy) is 1. The van der Waals surface area contributed by atoms with E-state index in [9.17, 15) is 23.3 Å². The summed E-state index contributed by atoms with van der Waals surface area (Å²) in [5.74, 6) is -0.769. The Kier molecular flexibility index (Phi) is 4.47. The van der Waals surface area contributed by atoms with Gasteiger partial charge in [-0.25, -0.2) is 17.2 Å². The largest absolute Gasteiger partial charge is 0.461 e. The molecule has 0 amide bonds. The van der Waals surface area contributed by atoms with E-state index < -0.39 is 20.9 Å². The molecule has 1 heterocycles. The highest BCUT2D eigenvalue weighted by Crippen LogP contribution is 2.27. The summed E-state index contributed by atoms with van der Waals surface area (Å²) in [5, 5.41) is 11.3. The first-order valence-corrected chi connectivity index (χ1v) is 9.08. The van der Waals surface area contributed by atoms with Crippen LogP contribution in [0.25, 0.3) is 10.9 Å². The molecule has 3 aromatic rings. The molecule has 0 radical (unpaired) electrons. The molecule has 0 spiro atoms. The second kappa shape index (κ2) is 6.60. The fraction of sp³-hybridized carbons (Fsp3) is 0.118. The number of aromatic nitrogens is 1. The van der Waals surface area contributed by atoms with Crippen LogP contribution in [0.4, 0.5) is 5.69 Å². The SMILES string of the molecule is CCOC(=O)c1cc2ccccc2n1S(=O)(=O)c1ccc([N+](=O)[O-])cc1. The van der Waals surface area contributed by atoms with E-state index in [4.69, 9.17) is 4.74 Å². The number of para-hydroxylation sites is 1. The molecule has 0 aliphatic heterocycles. The third-order valence-electron chi connectivity index (χ3n) is 3.74. The topological polar surface area (TPSA) is 109 Å². The average Bonchev–Trinajstić information content (AvgIpc) is 3.02. The maximum atomic E-state index is 13.1. The molecule has 0 saturated carbocycles. The summed E-state index contributed by atoms with van der Waals surface area (Å²) < 4.78 is 32.1. The summed E-state index contributed by atoms with van der Waals surface area (Å²) in [4.78, 5) is 22.2. The first-order valence-electron chi connectivity index (χ1n) is 7.64. The normalized spacial score (nSPS) is 11.4. The van der Waals surface area contributed by atoms with Gasteiger partial charge in [0.1, 0.15) is 5.69 Å². The zero-order valence-corrected chi connectivity index (χ0v) is 14.5. The van der Waals surface area contributed by atoms with Gasteiger partial charge in [0, 0.05) is 17.5 Å². The van der Waals surface area contributed by atoms with Gasteiger partial charge in [-0.2, -0.15) is 0 Å². The predicted octanol–water partition coefficient (Wildman–Crippen LogP) is 2.96. The fourth-order valence-corrected chi connectivity index (χ4v) is 4.08. The van der Waals surface area contributed by atoms with Crippen LogP contribution in [0.15, 0.2) is 59.5 Å². The Hall–Kier alpha value is -3.20. The van der Waals surface area contributed by atoms with Gasteiger partial charge in [0.2, 0.25) is 0 Å². The molecular formula is C17H14N2O6S. The smallest absolute Gasteiger partial charge is 0.356 e. The Morgan fingerprint density at radius 1 is 1.15 bits per heavy atom. The van der Waals surface area contributed by atoms with Crippen molar-refractivity contribution in [1.82, 2.24) is 3.97 Å². The minimum absolute atomic E-state index is 0.0952. The Bertz CT molecular complexity index is 1100. The lowest BCUT2D eigenvalue weighted by Crippen LogP contribution is -2.19. The first-order chi connectivity index (χ1) is 12.4. The summed E-state index contributed by atoms with van der Waals surface area (Å²) in [5.41, 5.74) is -0.0489. The Labute approximate surface area is 148 Å². The number of hydrogen-bond donors (Lipinski definition) is 0. The molecule has 8 nitrogen and oxygen atoms in total. The lowest BCUT2D eigenvalue weighted by atomic mass is 10.2. The molecule has 0 aliphatic rings. The van der Waals surface area contributed by atoms with Gasteiger partial charge >= 0.3 is 5.97 Å². The van der Waals surface area contributed by atoms with Crippen LogP contribution >= 0.6 is 0 Å². The maximum Gasteiger partial charge on any atom is 0.356 e. The van der Waals surface area contributed by atoms with E-state index in [1.165, 1.54) is 6.07 Å². The minimum Gasteiger partial charge on any atom is -0.461 e. The number of carbonyl (C=O) groups excluding carboxylic acids is 1. The Morgan fingerprint density at radius 2 is 1.81 bits per heavy atom. The molecule has 0 unspecified atom stereocenters. The minimum atomic E-state index is -4.17. The quantitative estimate of drug-likeness (QED) is 0.386. The van der Waals surface area contributed by atoms with Crippen LogP contribution in [0, 0.1) is 10.1 Å². The van der Waals surface area contributed by atoms with Gasteiger partial charge < -0.3 is 4.74 Å². The first kappa shape index (κ1) is 17.6. The van der Waals surface area contributed by atoms with Crippen LogP contribution in [0.3, 0.4) is 0 Å². The van der Waals surface area contributed by atoms with Crippen molar-refractivity contribution >= 4 is 32.6 Å². The number of non-ortho nitro benzene ring substituents is 1. The van der Waals surface area contributed by atoms with E-state index >= 15 is 0 Å². The highest BCUT2D eigenvalue weighted by molar-refractivity contribution is 7.90. The van der Waals surface area contributed by atoms with Crippen LogP contribution in [0.5, 0.6) is 0 Å². The second-order valence-electron chi connectivity index (χ2n) is 5.33. The van der Waals surface area contributed by atoms with Gasteiger partial charge in [0.15, 0.2) is 0 Å². The van der Waals surface area contributed by atoms with Crippen molar-refractivity contribution in [3.8, 4) is 0 Å². The number of esters is 1. The molecule has 1 aromatic heterocycles. The highest BCUT2D eigenvalue weighted by Gasteiger charge is 2.27. The molecule has 9 heteroatoms. The van der Waals surface area contributed by atoms with Crippen LogP contribution in [0.1, 0.15) is 17.4 Å². The fourth-order valence-electron chi connectivity index (χ4n) is 2.58. The Balaban J connectivity index is 2.23. The molecule has 0 saturated heterocycles. The van der Waals surface area contributed by atoms with E-state index in [1.54, 1.807) is 31.2 Å². The molecule has 134 valence electrons. The third-order valence-corrected chi connectivity index (χ3v) is 5.48. The molecule has 0 atom stereocenters. The second-order valence-corrected chi connectivity index (χ2v) is 7.12. The molecule has 0 aliphatic carbocycles. The molecule has 0 N–H and O–H groups in total. The average molecular weight is 374 g/mol. The molecule has 2 aromatic carbocycles. The number of nitro benzene ring substituents is 1. The lowest BCUT2D eigenvalue weighted by Gasteiger charge is -2.11. The highest BCUT2D eigenvalue weighted by atomic mass is 32.2. The van der Waals surface area contributed by atoms with Crippen LogP contribution < -0.4 is 0 Å². The van der Waals surface area contributed by atoms with Gasteiger partial charge in [0.05, 0.1) is 21.9 Å². The zero-order chi connectivity index (χ0) is 18.9. The lowest BCUT2D eigenvalue weighted by molar-refractivity contribution is -0.384. The summed E-state index contributed by atoms with van der Waals surface area (Å²) in [6, 6.07) is 12.5. The Morgan fingerprint density at radius 3 is 2.42 bits per heavy atom. The number of fused-ring (bicyclic) bond motifs is 1. The van der Waals surface area contributed by atoms with Crippen LogP contribution in [-0.2, 0) is 14.8 Å². The zero-order valence-electron chi connectivity index (χ0n) is 13.7. The molecule has 26 heavy (non-hydrogen) atoms. The van der Waals surface area contributed by atoms with Crippen molar-refractivity contribution in [2.24, 2.45) is 0 Å². The van der Waals surface area contributed by atoms with E-state index in [2.05, 4.69) is 0 Å². The molecule has 0 bridgehead atoms. The molecule has 3 rings (SSSR count). The molecular weight excluding hydrogens is 360 g/mol.